The summed E-state index contributed by atoms with van der Waals surface area (Å²) in [5.74, 6) is -0.798. The summed E-state index contributed by atoms with van der Waals surface area (Å²) < 4.78 is 0. The molecule has 0 spiro atoms. The third-order valence-electron chi connectivity index (χ3n) is 5.65. The SMILES string of the molecule is CCN(CC(=O)O)C1CCN(C(=O)NC(c2ccccc2C)C(C)(C)C)CC1. The van der Waals surface area contributed by atoms with Crippen LogP contribution in [0.2, 0.25) is 0 Å². The lowest BCUT2D eigenvalue weighted by molar-refractivity contribution is -0.139. The minimum Gasteiger partial charge on any atom is -0.480 e. The summed E-state index contributed by atoms with van der Waals surface area (Å²) in [7, 11) is 0. The lowest BCUT2D eigenvalue weighted by Crippen LogP contribution is -2.51. The predicted molar refractivity (Wildman–Crippen MR) is 111 cm³/mol. The fourth-order valence-corrected chi connectivity index (χ4v) is 3.99. The maximum absolute atomic E-state index is 13.0. The van der Waals surface area contributed by atoms with Gasteiger partial charge < -0.3 is 15.3 Å². The zero-order valence-corrected chi connectivity index (χ0v) is 17.9. The summed E-state index contributed by atoms with van der Waals surface area (Å²) in [5.41, 5.74) is 2.21. The molecule has 0 saturated carbocycles. The molecule has 28 heavy (non-hydrogen) atoms. The first-order valence-electron chi connectivity index (χ1n) is 10.2. The van der Waals surface area contributed by atoms with Crippen LogP contribution in [0, 0.1) is 12.3 Å². The van der Waals surface area contributed by atoms with E-state index in [1.54, 1.807) is 0 Å². The molecule has 1 atom stereocenters. The number of nitrogens with zero attached hydrogens (tertiary/aromatic N) is 2. The van der Waals surface area contributed by atoms with Crippen molar-refractivity contribution in [2.24, 2.45) is 5.41 Å². The second-order valence-electron chi connectivity index (χ2n) is 8.78. The van der Waals surface area contributed by atoms with Gasteiger partial charge in [-0.25, -0.2) is 4.79 Å². The molecule has 1 fully saturated rings. The van der Waals surface area contributed by atoms with E-state index < -0.39 is 5.97 Å². The van der Waals surface area contributed by atoms with Gasteiger partial charge in [0.05, 0.1) is 12.6 Å². The quantitative estimate of drug-likeness (QED) is 0.779. The topological polar surface area (TPSA) is 72.9 Å². The summed E-state index contributed by atoms with van der Waals surface area (Å²) in [6.45, 7) is 12.6. The third-order valence-corrected chi connectivity index (χ3v) is 5.65. The van der Waals surface area contributed by atoms with Crippen LogP contribution in [0.1, 0.15) is 57.7 Å². The van der Waals surface area contributed by atoms with Crippen molar-refractivity contribution in [3.63, 3.8) is 0 Å². The van der Waals surface area contributed by atoms with Crippen molar-refractivity contribution in [3.05, 3.63) is 35.4 Å². The largest absolute Gasteiger partial charge is 0.480 e. The summed E-state index contributed by atoms with van der Waals surface area (Å²) in [4.78, 5) is 27.9. The van der Waals surface area contributed by atoms with Crippen LogP contribution in [-0.4, -0.2) is 59.1 Å². The van der Waals surface area contributed by atoms with E-state index in [1.807, 2.05) is 28.9 Å². The number of carboxylic acid groups (broad SMARTS) is 1. The molecule has 1 heterocycles. The molecule has 1 aromatic carbocycles. The van der Waals surface area contributed by atoms with Gasteiger partial charge in [0, 0.05) is 19.1 Å². The van der Waals surface area contributed by atoms with E-state index in [1.165, 1.54) is 5.56 Å². The normalized spacial score (nSPS) is 16.9. The summed E-state index contributed by atoms with van der Waals surface area (Å²) >= 11 is 0. The maximum atomic E-state index is 13.0. The van der Waals surface area contributed by atoms with E-state index in [0.717, 1.165) is 18.4 Å². The number of likely N-dealkylation sites (N-methyl/N-ethyl adjacent to an activating group) is 1. The second-order valence-corrected chi connectivity index (χ2v) is 8.78. The van der Waals surface area contributed by atoms with Crippen LogP contribution in [0.5, 0.6) is 0 Å². The molecule has 0 bridgehead atoms. The van der Waals surface area contributed by atoms with Gasteiger partial charge in [-0.3, -0.25) is 9.69 Å². The number of carboxylic acids is 1. The van der Waals surface area contributed by atoms with Crippen molar-refractivity contribution in [2.45, 2.75) is 59.5 Å². The first-order valence-corrected chi connectivity index (χ1v) is 10.2. The smallest absolute Gasteiger partial charge is 0.317 e. The number of benzene rings is 1. The lowest BCUT2D eigenvalue weighted by atomic mass is 9.81. The lowest BCUT2D eigenvalue weighted by Gasteiger charge is -2.39. The standard InChI is InChI=1S/C22H35N3O3/c1-6-24(15-19(26)27)17-11-13-25(14-12-17)21(28)23-20(22(3,4)5)18-10-8-7-9-16(18)2/h7-10,17,20H,6,11-15H2,1-5H3,(H,23,28)(H,26,27). The Labute approximate surface area is 168 Å². The van der Waals surface area contributed by atoms with Gasteiger partial charge >= 0.3 is 12.0 Å². The van der Waals surface area contributed by atoms with E-state index in [4.69, 9.17) is 5.11 Å². The number of hydrogen-bond donors (Lipinski definition) is 2. The molecule has 6 heteroatoms. The average molecular weight is 390 g/mol. The first kappa shape index (κ1) is 22.2. The monoisotopic (exact) mass is 389 g/mol. The van der Waals surface area contributed by atoms with Crippen LogP contribution in [-0.2, 0) is 4.79 Å². The average Bonchev–Trinajstić information content (AvgIpc) is 2.64. The molecular formula is C22H35N3O3. The third kappa shape index (κ3) is 5.71. The van der Waals surface area contributed by atoms with Gasteiger partial charge in [-0.15, -0.1) is 0 Å². The Balaban J connectivity index is 2.02. The van der Waals surface area contributed by atoms with Crippen LogP contribution in [0.4, 0.5) is 4.79 Å². The van der Waals surface area contributed by atoms with E-state index in [9.17, 15) is 9.59 Å². The van der Waals surface area contributed by atoms with Crippen molar-refractivity contribution >= 4 is 12.0 Å². The van der Waals surface area contributed by atoms with Crippen LogP contribution >= 0.6 is 0 Å². The molecule has 1 aromatic rings. The zero-order chi connectivity index (χ0) is 20.9. The van der Waals surface area contributed by atoms with E-state index in [-0.39, 0.29) is 30.1 Å². The number of rotatable bonds is 6. The summed E-state index contributed by atoms with van der Waals surface area (Å²) in [6, 6.07) is 8.30. The Bertz CT molecular complexity index is 676. The minimum atomic E-state index is -0.798. The number of nitrogens with one attached hydrogen (secondary N) is 1. The zero-order valence-electron chi connectivity index (χ0n) is 17.9. The molecule has 6 nitrogen and oxygen atoms in total. The minimum absolute atomic E-state index is 0.0390. The van der Waals surface area contributed by atoms with E-state index in [2.05, 4.69) is 45.1 Å². The number of likely N-dealkylation sites (tertiary alicyclic amines) is 1. The maximum Gasteiger partial charge on any atom is 0.317 e. The number of urea groups is 1. The van der Waals surface area contributed by atoms with Crippen molar-refractivity contribution < 1.29 is 14.7 Å². The number of carbonyl (C=O) groups is 2. The van der Waals surface area contributed by atoms with Gasteiger partial charge in [0.15, 0.2) is 0 Å². The Morgan fingerprint density at radius 3 is 2.36 bits per heavy atom. The highest BCUT2D eigenvalue weighted by atomic mass is 16.4. The fourth-order valence-electron chi connectivity index (χ4n) is 3.99. The molecule has 0 aliphatic carbocycles. The van der Waals surface area contributed by atoms with Gasteiger partial charge in [-0.2, -0.15) is 0 Å². The van der Waals surface area contributed by atoms with Gasteiger partial charge in [-0.1, -0.05) is 52.0 Å². The molecule has 0 aromatic heterocycles. The van der Waals surface area contributed by atoms with Crippen LogP contribution in [0.3, 0.4) is 0 Å². The molecular weight excluding hydrogens is 354 g/mol. The Kier molecular flexibility index (Phi) is 7.47. The van der Waals surface area contributed by atoms with E-state index >= 15 is 0 Å². The molecule has 1 saturated heterocycles. The Morgan fingerprint density at radius 2 is 1.86 bits per heavy atom. The van der Waals surface area contributed by atoms with Gasteiger partial charge in [-0.05, 0) is 42.9 Å². The van der Waals surface area contributed by atoms with Crippen molar-refractivity contribution in [1.82, 2.24) is 15.1 Å². The van der Waals surface area contributed by atoms with Gasteiger partial charge in [0.2, 0.25) is 0 Å². The number of carbonyl (C=O) groups excluding carboxylic acids is 1. The van der Waals surface area contributed by atoms with Gasteiger partial charge in [0.25, 0.3) is 0 Å². The molecule has 2 rings (SSSR count). The first-order chi connectivity index (χ1) is 13.1. The molecule has 2 amide bonds. The number of aliphatic carboxylic acids is 1. The van der Waals surface area contributed by atoms with Crippen molar-refractivity contribution in [2.75, 3.05) is 26.2 Å². The second kappa shape index (κ2) is 9.41. The summed E-state index contributed by atoms with van der Waals surface area (Å²) in [6.07, 6.45) is 1.61. The van der Waals surface area contributed by atoms with Crippen molar-refractivity contribution in [3.8, 4) is 0 Å². The molecule has 0 radical (unpaired) electrons. The molecule has 2 N–H and O–H groups in total. The number of piperidine rings is 1. The highest BCUT2D eigenvalue weighted by Gasteiger charge is 2.32. The summed E-state index contributed by atoms with van der Waals surface area (Å²) in [5, 5.41) is 12.3. The molecule has 156 valence electrons. The molecule has 1 aliphatic rings. The highest BCUT2D eigenvalue weighted by Crippen LogP contribution is 2.34. The highest BCUT2D eigenvalue weighted by molar-refractivity contribution is 5.75. The van der Waals surface area contributed by atoms with E-state index in [0.29, 0.717) is 19.6 Å². The fraction of sp³-hybridized carbons (Fsp3) is 0.636. The number of hydrogen-bond acceptors (Lipinski definition) is 3. The van der Waals surface area contributed by atoms with Crippen LogP contribution in [0.25, 0.3) is 0 Å². The number of amides is 2. The molecule has 1 aliphatic heterocycles. The van der Waals surface area contributed by atoms with Crippen LogP contribution in [0.15, 0.2) is 24.3 Å². The van der Waals surface area contributed by atoms with Crippen molar-refractivity contribution in [1.29, 1.82) is 0 Å². The van der Waals surface area contributed by atoms with Gasteiger partial charge in [0.1, 0.15) is 0 Å². The predicted octanol–water partition coefficient (Wildman–Crippen LogP) is 3.66. The van der Waals surface area contributed by atoms with Crippen LogP contribution < -0.4 is 5.32 Å². The molecule has 1 unspecified atom stereocenters. The Hall–Kier alpha value is -2.08. The Morgan fingerprint density at radius 1 is 1.25 bits per heavy atom. The number of aryl methyl sites for hydroxylation is 1.